The Morgan fingerprint density at radius 2 is 1.23 bits per heavy atom. The first kappa shape index (κ1) is 29.7. The smallest absolute Gasteiger partial charge is 0.343 e. The fourth-order valence-corrected chi connectivity index (χ4v) is 3.76. The molecular formula is C31H29F5O3. The van der Waals surface area contributed by atoms with Gasteiger partial charge in [-0.05, 0) is 55.0 Å². The Balaban J connectivity index is 1.53. The molecule has 0 atom stereocenters. The molecule has 0 aromatic heterocycles. The molecule has 0 aliphatic carbocycles. The third-order valence-electron chi connectivity index (χ3n) is 5.88. The number of rotatable bonds is 12. The Morgan fingerprint density at radius 3 is 1.82 bits per heavy atom. The Morgan fingerprint density at radius 1 is 0.692 bits per heavy atom. The highest BCUT2D eigenvalue weighted by Crippen LogP contribution is 2.25. The van der Waals surface area contributed by atoms with Gasteiger partial charge in [-0.25, -0.2) is 26.7 Å². The molecule has 0 aliphatic heterocycles. The Kier molecular flexibility index (Phi) is 11.4. The number of ether oxygens (including phenoxy) is 2. The summed E-state index contributed by atoms with van der Waals surface area (Å²) in [4.78, 5) is 12.1. The highest BCUT2D eigenvalue weighted by atomic mass is 19.2. The molecule has 0 heterocycles. The number of hydrogen-bond donors (Lipinski definition) is 0. The maximum Gasteiger partial charge on any atom is 0.343 e. The van der Waals surface area contributed by atoms with E-state index < -0.39 is 46.4 Å². The van der Waals surface area contributed by atoms with Gasteiger partial charge in [-0.3, -0.25) is 0 Å². The van der Waals surface area contributed by atoms with Gasteiger partial charge in [0.1, 0.15) is 5.75 Å². The fourth-order valence-electron chi connectivity index (χ4n) is 3.76. The van der Waals surface area contributed by atoms with Gasteiger partial charge in [-0.15, -0.1) is 0 Å². The van der Waals surface area contributed by atoms with Crippen LogP contribution in [0, 0.1) is 40.9 Å². The molecule has 0 spiro atoms. The fraction of sp³-hybridized carbons (Fsp3) is 0.323. The Labute approximate surface area is 225 Å². The van der Waals surface area contributed by atoms with Crippen molar-refractivity contribution in [1.29, 1.82) is 0 Å². The first-order chi connectivity index (χ1) is 18.8. The van der Waals surface area contributed by atoms with Crippen LogP contribution in [-0.2, 0) is 0 Å². The van der Waals surface area contributed by atoms with Crippen LogP contribution in [0.4, 0.5) is 22.0 Å². The molecule has 3 nitrogen and oxygen atoms in total. The minimum atomic E-state index is -1.78. The molecule has 39 heavy (non-hydrogen) atoms. The third kappa shape index (κ3) is 9.13. The molecular weight excluding hydrogens is 515 g/mol. The van der Waals surface area contributed by atoms with Crippen LogP contribution >= 0.6 is 0 Å². The molecule has 0 N–H and O–H groups in total. The maximum atomic E-state index is 14.4. The van der Waals surface area contributed by atoms with E-state index in [2.05, 4.69) is 23.5 Å². The van der Waals surface area contributed by atoms with Crippen molar-refractivity contribution in [3.8, 4) is 23.3 Å². The van der Waals surface area contributed by atoms with Crippen molar-refractivity contribution in [3.63, 3.8) is 0 Å². The number of halogens is 5. The zero-order valence-electron chi connectivity index (χ0n) is 21.6. The second kappa shape index (κ2) is 14.9. The predicted octanol–water partition coefficient (Wildman–Crippen LogP) is 8.52. The third-order valence-corrected chi connectivity index (χ3v) is 5.88. The van der Waals surface area contributed by atoms with E-state index >= 15 is 0 Å². The van der Waals surface area contributed by atoms with Gasteiger partial charge in [0.25, 0.3) is 0 Å². The Hall–Kier alpha value is -3.86. The summed E-state index contributed by atoms with van der Waals surface area (Å²) in [6.45, 7) is 2.83. The Bertz CT molecular complexity index is 1280. The van der Waals surface area contributed by atoms with Crippen LogP contribution in [0.15, 0.2) is 48.5 Å². The lowest BCUT2D eigenvalue weighted by Crippen LogP contribution is -2.12. The van der Waals surface area contributed by atoms with Crippen molar-refractivity contribution in [2.24, 2.45) is 0 Å². The lowest BCUT2D eigenvalue weighted by Gasteiger charge is -2.08. The minimum Gasteiger partial charge on any atom is -0.494 e. The number of unbranched alkanes of at least 4 members (excludes halogenated alkanes) is 7. The molecule has 8 heteroatoms. The van der Waals surface area contributed by atoms with E-state index in [0.717, 1.165) is 25.0 Å². The van der Waals surface area contributed by atoms with Crippen LogP contribution in [0.25, 0.3) is 0 Å². The monoisotopic (exact) mass is 544 g/mol. The lowest BCUT2D eigenvalue weighted by molar-refractivity contribution is 0.0718. The second-order valence-electron chi connectivity index (χ2n) is 9.01. The maximum absolute atomic E-state index is 14.4. The SMILES string of the molecule is CCCCCCCCCCOc1ccc(C#Cc2cc(F)c(OC(=O)c3cc(F)c(F)c(F)c3)c(F)c2)cc1. The molecule has 0 fully saturated rings. The predicted molar refractivity (Wildman–Crippen MR) is 138 cm³/mol. The summed E-state index contributed by atoms with van der Waals surface area (Å²) < 4.78 is 79.0. The van der Waals surface area contributed by atoms with Crippen LogP contribution in [0.1, 0.15) is 79.8 Å². The first-order valence-corrected chi connectivity index (χ1v) is 12.9. The molecule has 3 rings (SSSR count). The van der Waals surface area contributed by atoms with Crippen LogP contribution < -0.4 is 9.47 Å². The summed E-state index contributed by atoms with van der Waals surface area (Å²) in [7, 11) is 0. The van der Waals surface area contributed by atoms with Crippen molar-refractivity contribution in [1.82, 2.24) is 0 Å². The highest BCUT2D eigenvalue weighted by Gasteiger charge is 2.20. The minimum absolute atomic E-state index is 0.0290. The van der Waals surface area contributed by atoms with E-state index in [1.165, 1.54) is 38.5 Å². The van der Waals surface area contributed by atoms with Gasteiger partial charge in [-0.2, -0.15) is 0 Å². The van der Waals surface area contributed by atoms with Crippen molar-refractivity contribution in [2.75, 3.05) is 6.61 Å². The summed E-state index contributed by atoms with van der Waals surface area (Å²) in [6, 6.07) is 9.41. The van der Waals surface area contributed by atoms with E-state index in [4.69, 9.17) is 4.74 Å². The van der Waals surface area contributed by atoms with Gasteiger partial charge >= 0.3 is 5.97 Å². The summed E-state index contributed by atoms with van der Waals surface area (Å²) in [5, 5.41) is 0. The van der Waals surface area contributed by atoms with Crippen molar-refractivity contribution >= 4 is 5.97 Å². The average Bonchev–Trinajstić information content (AvgIpc) is 2.92. The molecule has 0 radical (unpaired) electrons. The largest absolute Gasteiger partial charge is 0.494 e. The molecule has 0 aliphatic rings. The van der Waals surface area contributed by atoms with Crippen molar-refractivity contribution in [3.05, 3.63) is 94.3 Å². The summed E-state index contributed by atoms with van der Waals surface area (Å²) >= 11 is 0. The first-order valence-electron chi connectivity index (χ1n) is 12.9. The standard InChI is InChI=1S/C31H29F5O3/c1-2-3-4-5-6-7-8-9-16-38-24-14-12-21(13-15-24)10-11-22-17-27(34)30(28(35)18-22)39-31(37)23-19-25(32)29(36)26(33)20-23/h12-15,17-20H,2-9,16H2,1H3. The molecule has 0 saturated heterocycles. The number of esters is 1. The van der Waals surface area contributed by atoms with E-state index in [1.54, 1.807) is 24.3 Å². The quantitative estimate of drug-likeness (QED) is 0.0573. The zero-order chi connectivity index (χ0) is 28.2. The van der Waals surface area contributed by atoms with E-state index in [9.17, 15) is 26.7 Å². The van der Waals surface area contributed by atoms with Crippen molar-refractivity contribution < 1.29 is 36.2 Å². The summed E-state index contributed by atoms with van der Waals surface area (Å²) in [6.07, 6.45) is 9.72. The molecule has 0 saturated carbocycles. The van der Waals surface area contributed by atoms with E-state index in [-0.39, 0.29) is 5.56 Å². The van der Waals surface area contributed by atoms with Gasteiger partial charge in [0.05, 0.1) is 12.2 Å². The summed E-state index contributed by atoms with van der Waals surface area (Å²) in [5.41, 5.74) is -0.191. The van der Waals surface area contributed by atoms with Gasteiger partial charge in [0.2, 0.25) is 5.75 Å². The average molecular weight is 545 g/mol. The van der Waals surface area contributed by atoms with Crippen LogP contribution in [0.2, 0.25) is 0 Å². The van der Waals surface area contributed by atoms with E-state index in [1.807, 2.05) is 0 Å². The molecule has 206 valence electrons. The van der Waals surface area contributed by atoms with Gasteiger partial charge < -0.3 is 9.47 Å². The molecule has 3 aromatic carbocycles. The number of benzene rings is 3. The van der Waals surface area contributed by atoms with Gasteiger partial charge in [0, 0.05) is 11.1 Å². The van der Waals surface area contributed by atoms with Gasteiger partial charge in [-0.1, -0.05) is 63.7 Å². The van der Waals surface area contributed by atoms with Gasteiger partial charge in [0.15, 0.2) is 29.1 Å². The number of hydrogen-bond acceptors (Lipinski definition) is 3. The van der Waals surface area contributed by atoms with Crippen LogP contribution in [0.3, 0.4) is 0 Å². The lowest BCUT2D eigenvalue weighted by atomic mass is 10.1. The van der Waals surface area contributed by atoms with Crippen LogP contribution in [-0.4, -0.2) is 12.6 Å². The highest BCUT2D eigenvalue weighted by molar-refractivity contribution is 5.91. The molecule has 0 amide bonds. The molecule has 3 aromatic rings. The van der Waals surface area contributed by atoms with E-state index in [0.29, 0.717) is 30.1 Å². The zero-order valence-corrected chi connectivity index (χ0v) is 21.6. The normalized spacial score (nSPS) is 10.6. The topological polar surface area (TPSA) is 35.5 Å². The molecule has 0 bridgehead atoms. The summed E-state index contributed by atoms with van der Waals surface area (Å²) in [5.74, 6) is -3.99. The molecule has 0 unspecified atom stereocenters. The number of carbonyl (C=O) groups is 1. The van der Waals surface area contributed by atoms with Crippen LogP contribution in [0.5, 0.6) is 11.5 Å². The second-order valence-corrected chi connectivity index (χ2v) is 9.01. The van der Waals surface area contributed by atoms with Crippen molar-refractivity contribution in [2.45, 2.75) is 58.3 Å². The number of carbonyl (C=O) groups excluding carboxylic acids is 1.